The maximum atomic E-state index is 12.7. The summed E-state index contributed by atoms with van der Waals surface area (Å²) in [5, 5.41) is 1.21. The number of pyridine rings is 1. The molecule has 0 aliphatic carbocycles. The molecule has 0 radical (unpaired) electrons. The van der Waals surface area contributed by atoms with Gasteiger partial charge in [0, 0.05) is 50.7 Å². The Labute approximate surface area is 168 Å². The average Bonchev–Trinajstić information content (AvgIpc) is 2.75. The van der Waals surface area contributed by atoms with E-state index < -0.39 is 0 Å². The van der Waals surface area contributed by atoms with Crippen molar-refractivity contribution in [2.75, 3.05) is 45.8 Å². The highest BCUT2D eigenvalue weighted by Crippen LogP contribution is 2.25. The van der Waals surface area contributed by atoms with Gasteiger partial charge in [-0.15, -0.1) is 0 Å². The Balaban J connectivity index is 1.26. The van der Waals surface area contributed by atoms with Crippen molar-refractivity contribution < 1.29 is 4.79 Å². The minimum absolute atomic E-state index is 0.368. The standard InChI is InChI=1S/C23H32N4O/c1-2-25-13-15-27(16-14-25)22(28)17-19-8-11-26(12-9-19)18-21-6-3-5-20-7-4-10-24-23(20)21/h3-7,10,19H,2,8-9,11-18H2,1H3. The summed E-state index contributed by atoms with van der Waals surface area (Å²) in [5.41, 5.74) is 2.43. The predicted octanol–water partition coefficient (Wildman–Crippen LogP) is 3.00. The second-order valence-corrected chi connectivity index (χ2v) is 8.23. The molecule has 5 heteroatoms. The summed E-state index contributed by atoms with van der Waals surface area (Å²) < 4.78 is 0. The number of rotatable bonds is 5. The molecule has 3 heterocycles. The number of aromatic nitrogens is 1. The summed E-state index contributed by atoms with van der Waals surface area (Å²) in [6, 6.07) is 10.6. The van der Waals surface area contributed by atoms with Crippen molar-refractivity contribution in [1.29, 1.82) is 0 Å². The lowest BCUT2D eigenvalue weighted by Gasteiger charge is -2.36. The van der Waals surface area contributed by atoms with Crippen molar-refractivity contribution in [2.24, 2.45) is 5.92 Å². The maximum absolute atomic E-state index is 12.7. The maximum Gasteiger partial charge on any atom is 0.222 e. The zero-order valence-electron chi connectivity index (χ0n) is 17.0. The van der Waals surface area contributed by atoms with Crippen LogP contribution in [0.25, 0.3) is 10.9 Å². The summed E-state index contributed by atoms with van der Waals surface area (Å²) in [6.07, 6.45) is 4.86. The second kappa shape index (κ2) is 9.01. The molecular weight excluding hydrogens is 348 g/mol. The van der Waals surface area contributed by atoms with Gasteiger partial charge in [0.2, 0.25) is 5.91 Å². The number of piperidine rings is 1. The quantitative estimate of drug-likeness (QED) is 0.799. The number of amides is 1. The lowest BCUT2D eigenvalue weighted by molar-refractivity contribution is -0.134. The van der Waals surface area contributed by atoms with Gasteiger partial charge in [0.05, 0.1) is 5.52 Å². The van der Waals surface area contributed by atoms with Crippen molar-refractivity contribution >= 4 is 16.8 Å². The van der Waals surface area contributed by atoms with Gasteiger partial charge in [-0.2, -0.15) is 0 Å². The number of hydrogen-bond acceptors (Lipinski definition) is 4. The molecule has 0 saturated carbocycles. The van der Waals surface area contributed by atoms with Crippen molar-refractivity contribution in [2.45, 2.75) is 32.7 Å². The molecule has 2 saturated heterocycles. The lowest BCUT2D eigenvalue weighted by atomic mass is 9.92. The van der Waals surface area contributed by atoms with E-state index in [4.69, 9.17) is 0 Å². The highest BCUT2D eigenvalue weighted by molar-refractivity contribution is 5.81. The Morgan fingerprint density at radius 2 is 1.75 bits per heavy atom. The molecule has 0 atom stereocenters. The number of carbonyl (C=O) groups is 1. The fourth-order valence-electron chi connectivity index (χ4n) is 4.57. The first kappa shape index (κ1) is 19.3. The van der Waals surface area contributed by atoms with Crippen LogP contribution in [0.4, 0.5) is 0 Å². The van der Waals surface area contributed by atoms with E-state index in [0.717, 1.165) is 77.1 Å². The average molecular weight is 381 g/mol. The molecule has 2 aliphatic heterocycles. The number of benzene rings is 1. The molecule has 2 aromatic rings. The number of nitrogens with zero attached hydrogens (tertiary/aromatic N) is 4. The van der Waals surface area contributed by atoms with Crippen LogP contribution in [0.15, 0.2) is 36.5 Å². The molecule has 0 unspecified atom stereocenters. The van der Waals surface area contributed by atoms with Crippen LogP contribution in [-0.4, -0.2) is 71.4 Å². The number of hydrogen-bond donors (Lipinski definition) is 0. The van der Waals surface area contributed by atoms with Gasteiger partial charge in [-0.25, -0.2) is 0 Å². The first-order valence-corrected chi connectivity index (χ1v) is 10.8. The highest BCUT2D eigenvalue weighted by atomic mass is 16.2. The molecular formula is C23H32N4O. The van der Waals surface area contributed by atoms with E-state index >= 15 is 0 Å². The van der Waals surface area contributed by atoms with Crippen molar-refractivity contribution in [3.8, 4) is 0 Å². The first-order chi connectivity index (χ1) is 13.7. The SMILES string of the molecule is CCN1CCN(C(=O)CC2CCN(Cc3cccc4cccnc34)CC2)CC1. The summed E-state index contributed by atoms with van der Waals surface area (Å²) in [5.74, 6) is 0.908. The Hall–Kier alpha value is -1.98. The Morgan fingerprint density at radius 3 is 2.50 bits per heavy atom. The number of likely N-dealkylation sites (tertiary alicyclic amines) is 1. The van der Waals surface area contributed by atoms with E-state index in [2.05, 4.69) is 50.9 Å². The zero-order chi connectivity index (χ0) is 19.3. The van der Waals surface area contributed by atoms with Crippen LogP contribution in [0.5, 0.6) is 0 Å². The van der Waals surface area contributed by atoms with E-state index in [0.29, 0.717) is 11.8 Å². The molecule has 5 nitrogen and oxygen atoms in total. The number of carbonyl (C=O) groups excluding carboxylic acids is 1. The first-order valence-electron chi connectivity index (χ1n) is 10.8. The summed E-state index contributed by atoms with van der Waals surface area (Å²) >= 11 is 0. The van der Waals surface area contributed by atoms with Gasteiger partial charge in [-0.1, -0.05) is 31.2 Å². The fraction of sp³-hybridized carbons (Fsp3) is 0.565. The van der Waals surface area contributed by atoms with Gasteiger partial charge in [0.25, 0.3) is 0 Å². The van der Waals surface area contributed by atoms with E-state index in [9.17, 15) is 4.79 Å². The van der Waals surface area contributed by atoms with Crippen LogP contribution in [0.3, 0.4) is 0 Å². The molecule has 4 rings (SSSR count). The molecule has 28 heavy (non-hydrogen) atoms. The molecule has 2 fully saturated rings. The molecule has 1 aromatic heterocycles. The molecule has 1 amide bonds. The summed E-state index contributed by atoms with van der Waals surface area (Å²) in [7, 11) is 0. The topological polar surface area (TPSA) is 39.7 Å². The molecule has 0 bridgehead atoms. The lowest BCUT2D eigenvalue weighted by Crippen LogP contribution is -2.49. The molecule has 1 aromatic carbocycles. The molecule has 2 aliphatic rings. The number of piperazine rings is 1. The van der Waals surface area contributed by atoms with Gasteiger partial charge in [0.15, 0.2) is 0 Å². The van der Waals surface area contributed by atoms with Gasteiger partial charge in [-0.3, -0.25) is 14.7 Å². The number of fused-ring (bicyclic) bond motifs is 1. The van der Waals surface area contributed by atoms with E-state index in [1.54, 1.807) is 0 Å². The highest BCUT2D eigenvalue weighted by Gasteiger charge is 2.26. The van der Waals surface area contributed by atoms with E-state index in [-0.39, 0.29) is 0 Å². The van der Waals surface area contributed by atoms with Crippen LogP contribution in [-0.2, 0) is 11.3 Å². The smallest absolute Gasteiger partial charge is 0.222 e. The van der Waals surface area contributed by atoms with E-state index in [1.807, 2.05) is 12.3 Å². The van der Waals surface area contributed by atoms with Crippen LogP contribution >= 0.6 is 0 Å². The predicted molar refractivity (Wildman–Crippen MR) is 113 cm³/mol. The van der Waals surface area contributed by atoms with Gasteiger partial charge >= 0.3 is 0 Å². The van der Waals surface area contributed by atoms with Crippen LogP contribution in [0, 0.1) is 5.92 Å². The summed E-state index contributed by atoms with van der Waals surface area (Å²) in [6.45, 7) is 10.2. The van der Waals surface area contributed by atoms with Crippen LogP contribution in [0.1, 0.15) is 31.7 Å². The largest absolute Gasteiger partial charge is 0.340 e. The molecule has 150 valence electrons. The Bertz CT molecular complexity index is 787. The normalized spacial score (nSPS) is 20.0. The second-order valence-electron chi connectivity index (χ2n) is 8.23. The van der Waals surface area contributed by atoms with Gasteiger partial charge in [0.1, 0.15) is 0 Å². The van der Waals surface area contributed by atoms with Crippen LogP contribution in [0.2, 0.25) is 0 Å². The minimum atomic E-state index is 0.368. The third kappa shape index (κ3) is 4.53. The van der Waals surface area contributed by atoms with Crippen molar-refractivity contribution in [1.82, 2.24) is 19.7 Å². The molecule has 0 N–H and O–H groups in total. The minimum Gasteiger partial charge on any atom is -0.340 e. The Morgan fingerprint density at radius 1 is 1.00 bits per heavy atom. The zero-order valence-corrected chi connectivity index (χ0v) is 17.0. The number of likely N-dealkylation sites (N-methyl/N-ethyl adjacent to an activating group) is 1. The van der Waals surface area contributed by atoms with Crippen molar-refractivity contribution in [3.05, 3.63) is 42.1 Å². The summed E-state index contributed by atoms with van der Waals surface area (Å²) in [4.78, 5) is 24.3. The van der Waals surface area contributed by atoms with E-state index in [1.165, 1.54) is 10.9 Å². The van der Waals surface area contributed by atoms with Gasteiger partial charge in [-0.05, 0) is 50.0 Å². The number of para-hydroxylation sites is 1. The third-order valence-corrected chi connectivity index (χ3v) is 6.45. The molecule has 0 spiro atoms. The Kier molecular flexibility index (Phi) is 6.23. The van der Waals surface area contributed by atoms with Crippen LogP contribution < -0.4 is 0 Å². The van der Waals surface area contributed by atoms with Gasteiger partial charge < -0.3 is 9.80 Å². The monoisotopic (exact) mass is 380 g/mol. The third-order valence-electron chi connectivity index (χ3n) is 6.45. The fourth-order valence-corrected chi connectivity index (χ4v) is 4.57. The van der Waals surface area contributed by atoms with Crippen molar-refractivity contribution in [3.63, 3.8) is 0 Å².